The van der Waals surface area contributed by atoms with Gasteiger partial charge in [-0.05, 0) is 12.8 Å². The molecule has 1 fully saturated rings. The zero-order valence-electron chi connectivity index (χ0n) is 9.05. The summed E-state index contributed by atoms with van der Waals surface area (Å²) in [5, 5.41) is 0.610. The van der Waals surface area contributed by atoms with Crippen LogP contribution in [0.3, 0.4) is 0 Å². The van der Waals surface area contributed by atoms with E-state index < -0.39 is 32.4 Å². The van der Waals surface area contributed by atoms with Crippen LogP contribution < -0.4 is 5.43 Å². The van der Waals surface area contributed by atoms with Crippen LogP contribution in [0, 0.1) is 5.92 Å². The summed E-state index contributed by atoms with van der Waals surface area (Å²) >= 11 is 0. The molecule has 5 N–H and O–H groups in total. The lowest BCUT2D eigenvalue weighted by Crippen LogP contribution is -2.39. The number of nitrogens with one attached hydrogen (secondary N) is 1. The molecule has 2 rings (SSSR count). The minimum Gasteiger partial charge on any atom is -0.322 e. The van der Waals surface area contributed by atoms with Gasteiger partial charge < -0.3 is 19.6 Å². The topological polar surface area (TPSA) is 157 Å². The molecule has 1 aliphatic carbocycles. The zero-order chi connectivity index (χ0) is 13.8. The first-order chi connectivity index (χ1) is 8.08. The van der Waals surface area contributed by atoms with E-state index in [4.69, 9.17) is 19.6 Å². The van der Waals surface area contributed by atoms with Crippen molar-refractivity contribution in [3.8, 4) is 0 Å². The van der Waals surface area contributed by atoms with Gasteiger partial charge in [0.05, 0.1) is 0 Å². The highest BCUT2D eigenvalue weighted by atomic mass is 31.2. The Labute approximate surface area is 102 Å². The minimum atomic E-state index is -5.19. The molecule has 1 heterocycles. The molecule has 9 nitrogen and oxygen atoms in total. The van der Waals surface area contributed by atoms with E-state index in [1.54, 1.807) is 5.43 Å². The van der Waals surface area contributed by atoms with Crippen LogP contribution in [-0.4, -0.2) is 36.1 Å². The molecule has 0 aromatic carbocycles. The van der Waals surface area contributed by atoms with Gasteiger partial charge in [-0.2, -0.15) is 5.10 Å². The quantitative estimate of drug-likeness (QED) is 0.427. The molecule has 1 aliphatic heterocycles. The predicted octanol–water partition coefficient (Wildman–Crippen LogP) is -0.676. The standard InChI is InChI=1S/C7H12N2O7P2/c10-6(4-1-2-4)5-3-7(9-8-5,17(11,12)13)18(14,15)16/h4,9H,1-3H2,(H2,11,12,13)(H2,14,15,16). The van der Waals surface area contributed by atoms with Gasteiger partial charge in [0.2, 0.25) is 0 Å². The number of carbonyl (C=O) groups excluding carboxylic acids is 1. The normalized spacial score (nSPS) is 23.4. The molecular formula is C7H12N2O7P2. The van der Waals surface area contributed by atoms with E-state index in [9.17, 15) is 13.9 Å². The number of nitrogens with zero attached hydrogens (tertiary/aromatic N) is 1. The third-order valence-electron chi connectivity index (χ3n) is 2.98. The summed E-state index contributed by atoms with van der Waals surface area (Å²) in [6, 6.07) is 0. The maximum atomic E-state index is 11.7. The van der Waals surface area contributed by atoms with Gasteiger partial charge in [-0.25, -0.2) is 0 Å². The van der Waals surface area contributed by atoms with E-state index in [-0.39, 0.29) is 11.6 Å². The van der Waals surface area contributed by atoms with Crippen molar-refractivity contribution < 1.29 is 33.5 Å². The first-order valence-electron chi connectivity index (χ1n) is 5.08. The Hall–Kier alpha value is -0.560. The predicted molar refractivity (Wildman–Crippen MR) is 59.7 cm³/mol. The third kappa shape index (κ3) is 2.07. The molecule has 102 valence electrons. The highest BCUT2D eigenvalue weighted by Crippen LogP contribution is 2.70. The van der Waals surface area contributed by atoms with Crippen molar-refractivity contribution in [1.82, 2.24) is 5.43 Å². The fraction of sp³-hybridized carbons (Fsp3) is 0.714. The summed E-state index contributed by atoms with van der Waals surface area (Å²) in [6.07, 6.45) is 0.560. The Morgan fingerprint density at radius 3 is 2.06 bits per heavy atom. The Bertz CT molecular complexity index is 492. The second kappa shape index (κ2) is 3.96. The van der Waals surface area contributed by atoms with Crippen molar-refractivity contribution in [2.45, 2.75) is 24.3 Å². The van der Waals surface area contributed by atoms with Crippen LogP contribution in [0.1, 0.15) is 19.3 Å². The number of carbonyl (C=O) groups is 1. The molecule has 0 saturated heterocycles. The summed E-state index contributed by atoms with van der Waals surface area (Å²) < 4.78 is 22.6. The summed E-state index contributed by atoms with van der Waals surface area (Å²) in [6.45, 7) is 0. The molecule has 11 heteroatoms. The Morgan fingerprint density at radius 2 is 1.72 bits per heavy atom. The molecule has 2 aliphatic rings. The summed E-state index contributed by atoms with van der Waals surface area (Å²) in [5.41, 5.74) is 1.59. The van der Waals surface area contributed by atoms with Gasteiger partial charge in [0, 0.05) is 12.3 Å². The van der Waals surface area contributed by atoms with Crippen molar-refractivity contribution in [2.75, 3.05) is 0 Å². The van der Waals surface area contributed by atoms with Crippen LogP contribution in [0.4, 0.5) is 0 Å². The molecule has 0 radical (unpaired) electrons. The molecule has 0 aromatic rings. The second-order valence-electron chi connectivity index (χ2n) is 4.39. The Kier molecular flexibility index (Phi) is 3.05. The van der Waals surface area contributed by atoms with E-state index in [0.29, 0.717) is 12.8 Å². The minimum absolute atomic E-state index is 0.218. The average Bonchev–Trinajstić information content (AvgIpc) is 2.91. The van der Waals surface area contributed by atoms with Crippen molar-refractivity contribution in [3.05, 3.63) is 0 Å². The average molecular weight is 298 g/mol. The molecule has 18 heavy (non-hydrogen) atoms. The summed E-state index contributed by atoms with van der Waals surface area (Å²) in [5.74, 6) is -0.652. The first-order valence-corrected chi connectivity index (χ1v) is 8.30. The number of rotatable bonds is 4. The molecule has 0 aromatic heterocycles. The smallest absolute Gasteiger partial charge is 0.322 e. The highest BCUT2D eigenvalue weighted by molar-refractivity contribution is 7.72. The monoisotopic (exact) mass is 298 g/mol. The van der Waals surface area contributed by atoms with E-state index in [2.05, 4.69) is 5.10 Å². The molecule has 0 spiro atoms. The highest BCUT2D eigenvalue weighted by Gasteiger charge is 2.64. The maximum absolute atomic E-state index is 11.7. The summed E-state index contributed by atoms with van der Waals surface area (Å²) in [4.78, 5) is 48.2. The third-order valence-corrected chi connectivity index (χ3v) is 6.99. The van der Waals surface area contributed by atoms with Crippen LogP contribution in [0.15, 0.2) is 5.10 Å². The zero-order valence-corrected chi connectivity index (χ0v) is 10.8. The molecule has 0 unspecified atom stereocenters. The summed E-state index contributed by atoms with van der Waals surface area (Å²) in [7, 11) is -10.4. The lowest BCUT2D eigenvalue weighted by atomic mass is 10.1. The van der Waals surface area contributed by atoms with Crippen LogP contribution in [0.5, 0.6) is 0 Å². The first kappa shape index (κ1) is 13.9. The fourth-order valence-electron chi connectivity index (χ4n) is 1.70. The van der Waals surface area contributed by atoms with E-state index in [1.165, 1.54) is 0 Å². The van der Waals surface area contributed by atoms with Crippen LogP contribution in [0.25, 0.3) is 0 Å². The molecular weight excluding hydrogens is 286 g/mol. The Balaban J connectivity index is 2.31. The number of ketones is 1. The molecule has 0 amide bonds. The van der Waals surface area contributed by atoms with E-state index in [0.717, 1.165) is 0 Å². The maximum Gasteiger partial charge on any atom is 0.365 e. The molecule has 0 bridgehead atoms. The molecule has 1 saturated carbocycles. The molecule has 0 atom stereocenters. The number of hydrazone groups is 1. The number of hydrogen-bond acceptors (Lipinski definition) is 5. The number of Topliss-reactive ketones (excluding diaryl/α,β-unsaturated/α-hetero) is 1. The fourth-order valence-corrected chi connectivity index (χ4v) is 4.13. The van der Waals surface area contributed by atoms with Gasteiger partial charge in [-0.1, -0.05) is 0 Å². The van der Waals surface area contributed by atoms with E-state index >= 15 is 0 Å². The van der Waals surface area contributed by atoms with Crippen molar-refractivity contribution >= 4 is 26.7 Å². The van der Waals surface area contributed by atoms with Crippen molar-refractivity contribution in [2.24, 2.45) is 11.0 Å². The van der Waals surface area contributed by atoms with Crippen LogP contribution in [0.2, 0.25) is 0 Å². The Morgan fingerprint density at radius 1 is 1.22 bits per heavy atom. The number of hydrogen-bond donors (Lipinski definition) is 5. The van der Waals surface area contributed by atoms with Gasteiger partial charge in [0.15, 0.2) is 5.78 Å². The van der Waals surface area contributed by atoms with Gasteiger partial charge in [-0.3, -0.25) is 19.4 Å². The lowest BCUT2D eigenvalue weighted by Gasteiger charge is -2.29. The largest absolute Gasteiger partial charge is 0.365 e. The van der Waals surface area contributed by atoms with Crippen LogP contribution in [-0.2, 0) is 13.9 Å². The van der Waals surface area contributed by atoms with Crippen molar-refractivity contribution in [3.63, 3.8) is 0 Å². The van der Waals surface area contributed by atoms with Crippen molar-refractivity contribution in [1.29, 1.82) is 0 Å². The lowest BCUT2D eigenvalue weighted by molar-refractivity contribution is -0.114. The second-order valence-corrected chi connectivity index (χ2v) is 8.45. The van der Waals surface area contributed by atoms with Gasteiger partial charge >= 0.3 is 15.2 Å². The van der Waals surface area contributed by atoms with Gasteiger partial charge in [0.25, 0.3) is 5.02 Å². The van der Waals surface area contributed by atoms with Crippen LogP contribution >= 0.6 is 15.2 Å². The van der Waals surface area contributed by atoms with Gasteiger partial charge in [0.1, 0.15) is 5.71 Å². The van der Waals surface area contributed by atoms with E-state index in [1.807, 2.05) is 0 Å². The SMILES string of the molecule is O=C(C1=NNC(P(=O)(O)O)(P(=O)(O)O)C1)C1CC1. The van der Waals surface area contributed by atoms with Gasteiger partial charge in [-0.15, -0.1) is 0 Å².